The van der Waals surface area contributed by atoms with E-state index in [0.29, 0.717) is 0 Å². The van der Waals surface area contributed by atoms with Gasteiger partial charge in [-0.25, -0.2) is 4.79 Å². The third kappa shape index (κ3) is 2.22. The summed E-state index contributed by atoms with van der Waals surface area (Å²) in [5, 5.41) is 8.91. The average Bonchev–Trinajstić information content (AvgIpc) is 2.66. The fourth-order valence-corrected chi connectivity index (χ4v) is 2.23. The Kier molecular flexibility index (Phi) is 3.23. The van der Waals surface area contributed by atoms with Crippen LogP contribution in [0.4, 0.5) is 0 Å². The standard InChI is InChI=1S/C10H13BrO4/c1-10(2)5(7(10)8(12)13)4-6(11)9(14)15-3/h4-5,7H,1-3H3,(H,12,13). The molecular formula is C10H13BrO4. The first-order chi connectivity index (χ1) is 6.82. The Morgan fingerprint density at radius 1 is 1.47 bits per heavy atom. The molecule has 1 aliphatic carbocycles. The molecule has 1 rings (SSSR count). The Labute approximate surface area is 96.4 Å². The number of carboxylic acid groups (broad SMARTS) is 1. The molecule has 84 valence electrons. The quantitative estimate of drug-likeness (QED) is 0.631. The van der Waals surface area contributed by atoms with Crippen molar-refractivity contribution >= 4 is 27.9 Å². The van der Waals surface area contributed by atoms with Crippen molar-refractivity contribution in [3.05, 3.63) is 10.6 Å². The molecule has 15 heavy (non-hydrogen) atoms. The van der Waals surface area contributed by atoms with Crippen LogP contribution >= 0.6 is 15.9 Å². The van der Waals surface area contributed by atoms with Crippen molar-refractivity contribution in [3.63, 3.8) is 0 Å². The van der Waals surface area contributed by atoms with Crippen LogP contribution in [-0.4, -0.2) is 24.2 Å². The maximum absolute atomic E-state index is 11.1. The normalized spacial score (nSPS) is 28.4. The van der Waals surface area contributed by atoms with Gasteiger partial charge in [-0.15, -0.1) is 0 Å². The number of esters is 1. The number of halogens is 1. The second kappa shape index (κ2) is 3.96. The monoisotopic (exact) mass is 276 g/mol. The summed E-state index contributed by atoms with van der Waals surface area (Å²) in [6, 6.07) is 0. The third-order valence-corrected chi connectivity index (χ3v) is 3.47. The van der Waals surface area contributed by atoms with Crippen molar-refractivity contribution in [2.45, 2.75) is 13.8 Å². The zero-order chi connectivity index (χ0) is 11.8. The van der Waals surface area contributed by atoms with E-state index in [1.165, 1.54) is 7.11 Å². The van der Waals surface area contributed by atoms with Gasteiger partial charge >= 0.3 is 11.9 Å². The Hall–Kier alpha value is -0.840. The molecule has 0 saturated heterocycles. The van der Waals surface area contributed by atoms with Crippen molar-refractivity contribution in [2.24, 2.45) is 17.3 Å². The maximum Gasteiger partial charge on any atom is 0.344 e. The highest BCUT2D eigenvalue weighted by atomic mass is 79.9. The maximum atomic E-state index is 11.1. The molecule has 0 aliphatic heterocycles. The van der Waals surface area contributed by atoms with Gasteiger partial charge < -0.3 is 9.84 Å². The van der Waals surface area contributed by atoms with Crippen LogP contribution in [0.15, 0.2) is 10.6 Å². The molecule has 0 radical (unpaired) electrons. The van der Waals surface area contributed by atoms with E-state index in [4.69, 9.17) is 5.11 Å². The summed E-state index contributed by atoms with van der Waals surface area (Å²) in [4.78, 5) is 21.9. The highest BCUT2D eigenvalue weighted by molar-refractivity contribution is 9.12. The van der Waals surface area contributed by atoms with Crippen LogP contribution in [-0.2, 0) is 14.3 Å². The molecule has 1 N–H and O–H groups in total. The van der Waals surface area contributed by atoms with Crippen LogP contribution in [0.5, 0.6) is 0 Å². The number of methoxy groups -OCH3 is 1. The fourth-order valence-electron chi connectivity index (χ4n) is 1.78. The van der Waals surface area contributed by atoms with Crippen LogP contribution in [0.1, 0.15) is 13.8 Å². The zero-order valence-electron chi connectivity index (χ0n) is 8.78. The van der Waals surface area contributed by atoms with Crippen molar-refractivity contribution in [2.75, 3.05) is 7.11 Å². The number of hydrogen-bond donors (Lipinski definition) is 1. The van der Waals surface area contributed by atoms with Gasteiger partial charge in [0.25, 0.3) is 0 Å². The summed E-state index contributed by atoms with van der Waals surface area (Å²) >= 11 is 3.07. The molecule has 0 aromatic rings. The van der Waals surface area contributed by atoms with E-state index >= 15 is 0 Å². The van der Waals surface area contributed by atoms with E-state index in [2.05, 4.69) is 20.7 Å². The Bertz CT molecular complexity index is 332. The number of rotatable bonds is 3. The van der Waals surface area contributed by atoms with E-state index < -0.39 is 17.9 Å². The van der Waals surface area contributed by atoms with Gasteiger partial charge in [-0.3, -0.25) is 4.79 Å². The van der Waals surface area contributed by atoms with Gasteiger partial charge in [0, 0.05) is 0 Å². The van der Waals surface area contributed by atoms with Gasteiger partial charge in [-0.1, -0.05) is 19.9 Å². The second-order valence-electron chi connectivity index (χ2n) is 4.17. The molecule has 4 nitrogen and oxygen atoms in total. The van der Waals surface area contributed by atoms with Gasteiger partial charge in [-0.05, 0) is 27.3 Å². The topological polar surface area (TPSA) is 63.6 Å². The molecule has 0 aromatic heterocycles. The van der Waals surface area contributed by atoms with Crippen LogP contribution in [0.3, 0.4) is 0 Å². The smallest absolute Gasteiger partial charge is 0.344 e. The molecule has 0 bridgehead atoms. The van der Waals surface area contributed by atoms with Crippen molar-refractivity contribution in [1.29, 1.82) is 0 Å². The minimum Gasteiger partial charge on any atom is -0.481 e. The molecule has 0 heterocycles. The summed E-state index contributed by atoms with van der Waals surface area (Å²) in [5.74, 6) is -1.86. The van der Waals surface area contributed by atoms with Gasteiger partial charge in [0.05, 0.1) is 17.5 Å². The van der Waals surface area contributed by atoms with E-state index in [9.17, 15) is 9.59 Å². The van der Waals surface area contributed by atoms with Gasteiger partial charge in [-0.2, -0.15) is 0 Å². The van der Waals surface area contributed by atoms with E-state index in [1.54, 1.807) is 6.08 Å². The lowest BCUT2D eigenvalue weighted by Gasteiger charge is -1.98. The van der Waals surface area contributed by atoms with Crippen LogP contribution in [0, 0.1) is 17.3 Å². The lowest BCUT2D eigenvalue weighted by atomic mass is 10.1. The van der Waals surface area contributed by atoms with E-state index in [1.807, 2.05) is 13.8 Å². The summed E-state index contributed by atoms with van der Waals surface area (Å²) in [6.07, 6.45) is 1.62. The number of carbonyl (C=O) groups is 2. The summed E-state index contributed by atoms with van der Waals surface area (Å²) in [7, 11) is 1.28. The molecule has 1 aliphatic rings. The Morgan fingerprint density at radius 2 is 2.00 bits per heavy atom. The molecule has 1 fully saturated rings. The van der Waals surface area contributed by atoms with E-state index in [-0.39, 0.29) is 15.8 Å². The molecule has 0 amide bonds. The highest BCUT2D eigenvalue weighted by Gasteiger charge is 2.61. The van der Waals surface area contributed by atoms with Crippen molar-refractivity contribution in [3.8, 4) is 0 Å². The average molecular weight is 277 g/mol. The molecule has 1 saturated carbocycles. The van der Waals surface area contributed by atoms with Gasteiger partial charge in [0.2, 0.25) is 0 Å². The first-order valence-electron chi connectivity index (χ1n) is 4.50. The first kappa shape index (κ1) is 12.2. The number of hydrogen-bond acceptors (Lipinski definition) is 3. The predicted octanol–water partition coefficient (Wildman–Crippen LogP) is 1.79. The molecule has 5 heteroatoms. The highest BCUT2D eigenvalue weighted by Crippen LogP contribution is 2.59. The largest absolute Gasteiger partial charge is 0.481 e. The van der Waals surface area contributed by atoms with Crippen LogP contribution in [0.2, 0.25) is 0 Å². The van der Waals surface area contributed by atoms with Crippen LogP contribution in [0.25, 0.3) is 0 Å². The Morgan fingerprint density at radius 3 is 2.33 bits per heavy atom. The number of ether oxygens (including phenoxy) is 1. The number of aliphatic carboxylic acids is 1. The zero-order valence-corrected chi connectivity index (χ0v) is 10.4. The first-order valence-corrected chi connectivity index (χ1v) is 5.30. The SMILES string of the molecule is COC(=O)C(Br)=CC1C(C(=O)O)C1(C)C. The summed E-state index contributed by atoms with van der Waals surface area (Å²) in [5.41, 5.74) is -0.293. The minimum absolute atomic E-state index is 0.122. The molecule has 2 unspecified atom stereocenters. The van der Waals surface area contributed by atoms with E-state index in [0.717, 1.165) is 0 Å². The molecule has 2 atom stereocenters. The lowest BCUT2D eigenvalue weighted by Crippen LogP contribution is -2.03. The molecule has 0 spiro atoms. The summed E-state index contributed by atoms with van der Waals surface area (Å²) < 4.78 is 4.79. The Balaban J connectivity index is 2.78. The van der Waals surface area contributed by atoms with Gasteiger partial charge in [0.1, 0.15) is 0 Å². The van der Waals surface area contributed by atoms with Gasteiger partial charge in [0.15, 0.2) is 0 Å². The van der Waals surface area contributed by atoms with Crippen LogP contribution < -0.4 is 0 Å². The van der Waals surface area contributed by atoms with Crippen molar-refractivity contribution in [1.82, 2.24) is 0 Å². The predicted molar refractivity (Wildman–Crippen MR) is 57.4 cm³/mol. The second-order valence-corrected chi connectivity index (χ2v) is 5.02. The van der Waals surface area contributed by atoms with Crippen molar-refractivity contribution < 1.29 is 19.4 Å². The molecular weight excluding hydrogens is 264 g/mol. The fraction of sp³-hybridized carbons (Fsp3) is 0.600. The summed E-state index contributed by atoms with van der Waals surface area (Å²) in [6.45, 7) is 3.73. The molecule has 0 aromatic carbocycles. The number of carbonyl (C=O) groups excluding carboxylic acids is 1. The number of carboxylic acids is 1. The minimum atomic E-state index is -0.827. The number of allylic oxidation sites excluding steroid dienone is 1. The third-order valence-electron chi connectivity index (χ3n) is 2.88. The lowest BCUT2D eigenvalue weighted by molar-refractivity contribution is -0.139.